The van der Waals surface area contributed by atoms with Crippen LogP contribution in [0.25, 0.3) is 32.3 Å². The monoisotopic (exact) mass is 516 g/mol. The van der Waals surface area contributed by atoms with Gasteiger partial charge in [-0.2, -0.15) is 0 Å². The van der Waals surface area contributed by atoms with Crippen molar-refractivity contribution in [2.24, 2.45) is 0 Å². The third kappa shape index (κ3) is 13.2. The van der Waals surface area contributed by atoms with Gasteiger partial charge in [0.05, 0.1) is 39.6 Å². The van der Waals surface area contributed by atoms with Crippen LogP contribution in [0.4, 0.5) is 0 Å². The molecular weight excluding hydrogens is 474 g/mol. The van der Waals surface area contributed by atoms with Crippen LogP contribution < -0.4 is 24.3 Å². The number of rotatable bonds is 9. The van der Waals surface area contributed by atoms with Crippen LogP contribution in [0.3, 0.4) is 0 Å². The second-order valence-corrected chi connectivity index (χ2v) is 7.89. The predicted octanol–water partition coefficient (Wildman–Crippen LogP) is 1.89. The van der Waals surface area contributed by atoms with Gasteiger partial charge < -0.3 is 29.8 Å². The first-order valence-corrected chi connectivity index (χ1v) is 12.1. The fourth-order valence-electron chi connectivity index (χ4n) is 3.33. The number of methoxy groups -OCH3 is 6. The van der Waals surface area contributed by atoms with Crippen LogP contribution in [-0.4, -0.2) is 90.1 Å². The average molecular weight is 516 g/mol. The Balaban J connectivity index is 0. The molecule has 0 aliphatic heterocycles. The van der Waals surface area contributed by atoms with Gasteiger partial charge >= 0.3 is 18.9 Å². The molecule has 0 fully saturated rings. The fourth-order valence-corrected chi connectivity index (χ4v) is 3.33. The molecule has 0 saturated carbocycles. The summed E-state index contributed by atoms with van der Waals surface area (Å²) < 4.78 is 27.9. The molecule has 38 heavy (non-hydrogen) atoms. The van der Waals surface area contributed by atoms with E-state index in [-0.39, 0.29) is 20.3 Å². The third-order valence-corrected chi connectivity index (χ3v) is 5.23. The molecule has 2 radical (unpaired) electrons. The third-order valence-electron chi connectivity index (χ3n) is 5.23. The molecule has 8 heteroatoms. The van der Waals surface area contributed by atoms with Crippen LogP contribution in [0.2, 0.25) is 0 Å². The Kier molecular flexibility index (Phi) is 21.9. The van der Waals surface area contributed by atoms with E-state index in [1.54, 1.807) is 42.7 Å². The minimum absolute atomic E-state index is 0. The molecule has 0 saturated heterocycles. The molecule has 0 bridgehead atoms. The van der Waals surface area contributed by atoms with Gasteiger partial charge in [0.2, 0.25) is 0 Å². The molecule has 0 spiro atoms. The van der Waals surface area contributed by atoms with E-state index in [4.69, 9.17) is 7.85 Å². The van der Waals surface area contributed by atoms with Gasteiger partial charge in [-0.25, -0.2) is 0 Å². The standard InChI is InChI=1S/C18H11B.3C4H10O2.Li.H/c19-17-7-3-6-12-8-9-15-10-13-4-1-2-5-14(13)11-16(15)18(12)17;3*1-5-3-4-6-2;;/h1-11H;3*3-4H2,1-2H3;;/q;;;;+1;-1. The smallest absolute Gasteiger partial charge is 1.00 e. The molecule has 4 rings (SSSR count). The quantitative estimate of drug-likeness (QED) is 0.147. The van der Waals surface area contributed by atoms with E-state index >= 15 is 0 Å². The van der Waals surface area contributed by atoms with Crippen LogP contribution in [0.5, 0.6) is 0 Å². The number of ether oxygens (including phenoxy) is 6. The molecular formula is C30H42BLiO6. The molecule has 0 amide bonds. The van der Waals surface area contributed by atoms with Crippen molar-refractivity contribution in [2.75, 3.05) is 82.3 Å². The van der Waals surface area contributed by atoms with Crippen LogP contribution in [0.1, 0.15) is 1.43 Å². The van der Waals surface area contributed by atoms with Crippen molar-refractivity contribution in [1.82, 2.24) is 0 Å². The SMILES string of the molecule is COCCOC.COCCOC.COCCOC.[B]c1cccc2ccc3cc4ccccc4cc3c12.[H-].[Li+]. The van der Waals surface area contributed by atoms with E-state index in [1.807, 2.05) is 12.1 Å². The molecule has 0 heterocycles. The summed E-state index contributed by atoms with van der Waals surface area (Å²) in [7, 11) is 16.1. The van der Waals surface area contributed by atoms with Gasteiger partial charge in [0.25, 0.3) is 0 Å². The second kappa shape index (κ2) is 23.0. The first-order chi connectivity index (χ1) is 18.1. The van der Waals surface area contributed by atoms with Gasteiger partial charge in [-0.1, -0.05) is 60.1 Å². The van der Waals surface area contributed by atoms with Crippen molar-refractivity contribution in [3.8, 4) is 0 Å². The topological polar surface area (TPSA) is 55.4 Å². The van der Waals surface area contributed by atoms with E-state index < -0.39 is 0 Å². The number of fused-ring (bicyclic) bond motifs is 4. The van der Waals surface area contributed by atoms with Gasteiger partial charge in [0.15, 0.2) is 0 Å². The van der Waals surface area contributed by atoms with Crippen molar-refractivity contribution in [2.45, 2.75) is 0 Å². The van der Waals surface area contributed by atoms with Gasteiger partial charge in [-0.05, 0) is 44.5 Å². The van der Waals surface area contributed by atoms with Crippen LogP contribution >= 0.6 is 0 Å². The summed E-state index contributed by atoms with van der Waals surface area (Å²) in [6, 6.07) is 23.3. The van der Waals surface area contributed by atoms with Crippen molar-refractivity contribution in [3.05, 3.63) is 66.7 Å². The Bertz CT molecular complexity index is 1120. The summed E-state index contributed by atoms with van der Waals surface area (Å²) in [5.74, 6) is 0. The normalized spacial score (nSPS) is 9.95. The molecule has 0 unspecified atom stereocenters. The molecule has 0 N–H and O–H groups in total. The summed E-state index contributed by atoms with van der Waals surface area (Å²) in [6.45, 7) is 4.15. The first-order valence-electron chi connectivity index (χ1n) is 12.1. The molecule has 202 valence electrons. The van der Waals surface area contributed by atoms with E-state index in [9.17, 15) is 0 Å². The Morgan fingerprint density at radius 2 is 0.895 bits per heavy atom. The fraction of sp³-hybridized carbons (Fsp3) is 0.400. The Hall–Kier alpha value is -1.92. The zero-order valence-corrected chi connectivity index (χ0v) is 24.1. The summed E-state index contributed by atoms with van der Waals surface area (Å²) in [5, 5.41) is 7.35. The summed E-state index contributed by atoms with van der Waals surface area (Å²) in [6.07, 6.45) is 0. The van der Waals surface area contributed by atoms with Gasteiger partial charge in [0, 0.05) is 42.7 Å². The second-order valence-electron chi connectivity index (χ2n) is 7.89. The molecule has 0 aliphatic rings. The summed E-state index contributed by atoms with van der Waals surface area (Å²) in [5.41, 5.74) is 0.846. The largest absolute Gasteiger partial charge is 1.00 e. The molecule has 0 atom stereocenters. The van der Waals surface area contributed by atoms with E-state index in [2.05, 4.69) is 83.0 Å². The van der Waals surface area contributed by atoms with Gasteiger partial charge in [-0.15, -0.1) is 0 Å². The van der Waals surface area contributed by atoms with Crippen LogP contribution in [-0.2, 0) is 28.4 Å². The van der Waals surface area contributed by atoms with Gasteiger partial charge in [-0.3, -0.25) is 0 Å². The molecule has 0 aromatic heterocycles. The van der Waals surface area contributed by atoms with Crippen LogP contribution in [0, 0.1) is 0 Å². The number of hydrogen-bond acceptors (Lipinski definition) is 6. The maximum Gasteiger partial charge on any atom is 1.00 e. The maximum atomic E-state index is 6.17. The van der Waals surface area contributed by atoms with Crippen molar-refractivity contribution < 1.29 is 48.7 Å². The Labute approximate surface area is 242 Å². The Morgan fingerprint density at radius 1 is 0.500 bits per heavy atom. The van der Waals surface area contributed by atoms with Gasteiger partial charge in [0.1, 0.15) is 7.85 Å². The maximum absolute atomic E-state index is 6.17. The van der Waals surface area contributed by atoms with Crippen molar-refractivity contribution in [3.63, 3.8) is 0 Å². The van der Waals surface area contributed by atoms with Crippen molar-refractivity contribution in [1.29, 1.82) is 0 Å². The van der Waals surface area contributed by atoms with Crippen molar-refractivity contribution >= 4 is 45.6 Å². The molecule has 6 nitrogen and oxygen atoms in total. The van der Waals surface area contributed by atoms with Crippen LogP contribution in [0.15, 0.2) is 66.7 Å². The Morgan fingerprint density at radius 3 is 1.34 bits per heavy atom. The number of benzene rings is 4. The average Bonchev–Trinajstić information content (AvgIpc) is 2.93. The first kappa shape index (κ1) is 36.1. The zero-order chi connectivity index (χ0) is 27.3. The van der Waals surface area contributed by atoms with E-state index in [0.717, 1.165) is 10.8 Å². The zero-order valence-electron chi connectivity index (χ0n) is 25.1. The molecule has 4 aromatic carbocycles. The summed E-state index contributed by atoms with van der Waals surface area (Å²) in [4.78, 5) is 0. The number of hydrogen-bond donors (Lipinski definition) is 0. The predicted molar refractivity (Wildman–Crippen MR) is 157 cm³/mol. The minimum atomic E-state index is 0. The van der Waals surface area contributed by atoms with E-state index in [1.165, 1.54) is 26.9 Å². The molecule has 4 aromatic rings. The summed E-state index contributed by atoms with van der Waals surface area (Å²) >= 11 is 0. The molecule has 0 aliphatic carbocycles. The van der Waals surface area contributed by atoms with E-state index in [0.29, 0.717) is 39.6 Å². The minimum Gasteiger partial charge on any atom is -1.00 e.